The average molecular weight is 451 g/mol. The van der Waals surface area contributed by atoms with E-state index >= 15 is 0 Å². The third-order valence-electron chi connectivity index (χ3n) is 6.82. The van der Waals surface area contributed by atoms with Crippen LogP contribution in [0.3, 0.4) is 0 Å². The minimum Gasteiger partial charge on any atom is -0.490 e. The zero-order valence-electron chi connectivity index (χ0n) is 19.9. The molecule has 0 unspecified atom stereocenters. The van der Waals surface area contributed by atoms with E-state index in [9.17, 15) is 4.79 Å². The van der Waals surface area contributed by atoms with Gasteiger partial charge in [-0.05, 0) is 56.1 Å². The number of amides is 1. The van der Waals surface area contributed by atoms with Crippen LogP contribution in [0.4, 0.5) is 0 Å². The molecule has 2 fully saturated rings. The van der Waals surface area contributed by atoms with Crippen molar-refractivity contribution in [1.29, 1.82) is 0 Å². The number of carbonyl (C=O) groups is 1. The lowest BCUT2D eigenvalue weighted by Gasteiger charge is -2.32. The Bertz CT molecular complexity index is 842. The number of ether oxygens (including phenoxy) is 1. The van der Waals surface area contributed by atoms with Crippen molar-refractivity contribution in [3.8, 4) is 5.75 Å². The summed E-state index contributed by atoms with van der Waals surface area (Å²) in [6, 6.07) is 18.3. The number of likely N-dealkylation sites (N-methyl/N-ethyl adjacent to an activating group) is 1. The van der Waals surface area contributed by atoms with Gasteiger partial charge >= 0.3 is 0 Å². The number of hydrogen-bond acceptors (Lipinski definition) is 5. The van der Waals surface area contributed by atoms with Crippen molar-refractivity contribution in [2.45, 2.75) is 25.4 Å². The first-order chi connectivity index (χ1) is 16.2. The molecule has 0 spiro atoms. The molecule has 2 heterocycles. The average Bonchev–Trinajstić information content (AvgIpc) is 2.86. The highest BCUT2D eigenvalue weighted by atomic mass is 16.5. The van der Waals surface area contributed by atoms with Gasteiger partial charge in [0.1, 0.15) is 11.9 Å². The molecular formula is C27H38N4O2. The molecule has 0 aromatic heterocycles. The number of nitrogens with one attached hydrogen (secondary N) is 1. The summed E-state index contributed by atoms with van der Waals surface area (Å²) in [5.41, 5.74) is 2.09. The molecule has 2 saturated heterocycles. The van der Waals surface area contributed by atoms with E-state index in [1.165, 1.54) is 5.56 Å². The van der Waals surface area contributed by atoms with Crippen molar-refractivity contribution >= 4 is 5.91 Å². The number of piperazine rings is 1. The summed E-state index contributed by atoms with van der Waals surface area (Å²) in [5.74, 6) is 0.842. The molecule has 4 rings (SSSR count). The third-order valence-corrected chi connectivity index (χ3v) is 6.82. The van der Waals surface area contributed by atoms with E-state index in [1.54, 1.807) is 0 Å². The van der Waals surface area contributed by atoms with Crippen LogP contribution in [0, 0.1) is 0 Å². The van der Waals surface area contributed by atoms with Crippen LogP contribution >= 0.6 is 0 Å². The number of likely N-dealkylation sites (tertiary alicyclic amines) is 1. The van der Waals surface area contributed by atoms with Crippen LogP contribution in [0.2, 0.25) is 0 Å². The molecule has 1 N–H and O–H groups in total. The molecular weight excluding hydrogens is 412 g/mol. The van der Waals surface area contributed by atoms with Crippen LogP contribution in [-0.4, -0.2) is 92.7 Å². The standard InChI is InChI=1S/C27H38N4O2/c1-29-19-21-31(22-20-29)18-14-28-27(32)24-7-9-25(10-8-24)33-26-12-16-30(17-13-26)15-11-23-5-3-2-4-6-23/h2-10,26H,11-22H2,1H3,(H,28,32). The fourth-order valence-corrected chi connectivity index (χ4v) is 4.56. The normalized spacial score (nSPS) is 18.8. The van der Waals surface area contributed by atoms with Gasteiger partial charge < -0.3 is 19.9 Å². The summed E-state index contributed by atoms with van der Waals surface area (Å²) < 4.78 is 6.20. The molecule has 2 aliphatic rings. The Balaban J connectivity index is 1.13. The van der Waals surface area contributed by atoms with E-state index < -0.39 is 0 Å². The van der Waals surface area contributed by atoms with Crippen LogP contribution < -0.4 is 10.1 Å². The monoisotopic (exact) mass is 450 g/mol. The maximum atomic E-state index is 12.5. The molecule has 2 aliphatic heterocycles. The Morgan fingerprint density at radius 2 is 1.55 bits per heavy atom. The number of rotatable bonds is 9. The van der Waals surface area contributed by atoms with E-state index in [0.717, 1.165) is 77.4 Å². The second kappa shape index (κ2) is 12.2. The predicted octanol–water partition coefficient (Wildman–Crippen LogP) is 2.75. The third kappa shape index (κ3) is 7.56. The fraction of sp³-hybridized carbons (Fsp3) is 0.519. The van der Waals surface area contributed by atoms with Gasteiger partial charge in [-0.1, -0.05) is 30.3 Å². The summed E-state index contributed by atoms with van der Waals surface area (Å²) in [4.78, 5) is 19.7. The Labute approximate surface area is 198 Å². The predicted molar refractivity (Wildman–Crippen MR) is 133 cm³/mol. The number of hydrogen-bond donors (Lipinski definition) is 1. The van der Waals surface area contributed by atoms with Gasteiger partial charge in [0, 0.05) is 64.5 Å². The fourth-order valence-electron chi connectivity index (χ4n) is 4.56. The Hall–Kier alpha value is -2.41. The molecule has 0 radical (unpaired) electrons. The van der Waals surface area contributed by atoms with E-state index in [0.29, 0.717) is 12.1 Å². The van der Waals surface area contributed by atoms with Crippen molar-refractivity contribution < 1.29 is 9.53 Å². The van der Waals surface area contributed by atoms with Gasteiger partial charge in [0.05, 0.1) is 0 Å². The first-order valence-electron chi connectivity index (χ1n) is 12.4. The first-order valence-corrected chi connectivity index (χ1v) is 12.4. The van der Waals surface area contributed by atoms with Gasteiger partial charge in [-0.3, -0.25) is 9.69 Å². The number of nitrogens with zero attached hydrogens (tertiary/aromatic N) is 3. The molecule has 0 aliphatic carbocycles. The molecule has 0 saturated carbocycles. The molecule has 2 aromatic carbocycles. The SMILES string of the molecule is CN1CCN(CCNC(=O)c2ccc(OC3CCN(CCc4ccccc4)CC3)cc2)CC1. The molecule has 178 valence electrons. The lowest BCUT2D eigenvalue weighted by atomic mass is 10.1. The largest absolute Gasteiger partial charge is 0.490 e. The minimum atomic E-state index is -0.0117. The first kappa shape index (κ1) is 23.7. The summed E-state index contributed by atoms with van der Waals surface area (Å²) >= 11 is 0. The lowest BCUT2D eigenvalue weighted by Crippen LogP contribution is -2.46. The van der Waals surface area contributed by atoms with Crippen LogP contribution in [-0.2, 0) is 6.42 Å². The van der Waals surface area contributed by atoms with Gasteiger partial charge in [0.15, 0.2) is 0 Å². The van der Waals surface area contributed by atoms with E-state index in [1.807, 2.05) is 24.3 Å². The molecule has 6 nitrogen and oxygen atoms in total. The Morgan fingerprint density at radius 3 is 2.24 bits per heavy atom. The summed E-state index contributed by atoms with van der Waals surface area (Å²) in [6.45, 7) is 9.19. The van der Waals surface area contributed by atoms with Crippen molar-refractivity contribution in [3.05, 3.63) is 65.7 Å². The molecule has 33 heavy (non-hydrogen) atoms. The van der Waals surface area contributed by atoms with Crippen LogP contribution in [0.1, 0.15) is 28.8 Å². The smallest absolute Gasteiger partial charge is 0.251 e. The maximum absolute atomic E-state index is 12.5. The topological polar surface area (TPSA) is 48.1 Å². The van der Waals surface area contributed by atoms with Crippen molar-refractivity contribution in [1.82, 2.24) is 20.0 Å². The van der Waals surface area contributed by atoms with Gasteiger partial charge in [-0.25, -0.2) is 0 Å². The highest BCUT2D eigenvalue weighted by Gasteiger charge is 2.20. The number of piperidine rings is 1. The van der Waals surface area contributed by atoms with Crippen molar-refractivity contribution in [2.75, 3.05) is 66.0 Å². The van der Waals surface area contributed by atoms with Crippen LogP contribution in [0.5, 0.6) is 5.75 Å². The Kier molecular flexibility index (Phi) is 8.75. The highest BCUT2D eigenvalue weighted by Crippen LogP contribution is 2.20. The molecule has 2 aromatic rings. The maximum Gasteiger partial charge on any atom is 0.251 e. The van der Waals surface area contributed by atoms with E-state index in [4.69, 9.17) is 4.74 Å². The van der Waals surface area contributed by atoms with Gasteiger partial charge in [-0.15, -0.1) is 0 Å². The lowest BCUT2D eigenvalue weighted by molar-refractivity contribution is 0.0940. The zero-order valence-corrected chi connectivity index (χ0v) is 19.9. The number of benzene rings is 2. The summed E-state index contributed by atoms with van der Waals surface area (Å²) in [6.07, 6.45) is 3.44. The van der Waals surface area contributed by atoms with Crippen LogP contribution in [0.25, 0.3) is 0 Å². The van der Waals surface area contributed by atoms with E-state index in [2.05, 4.69) is 57.4 Å². The second-order valence-corrected chi connectivity index (χ2v) is 9.32. The molecule has 1 amide bonds. The Morgan fingerprint density at radius 1 is 0.879 bits per heavy atom. The van der Waals surface area contributed by atoms with E-state index in [-0.39, 0.29) is 12.0 Å². The molecule has 0 bridgehead atoms. The molecule has 6 heteroatoms. The van der Waals surface area contributed by atoms with Gasteiger partial charge in [-0.2, -0.15) is 0 Å². The molecule has 0 atom stereocenters. The quantitative estimate of drug-likeness (QED) is 0.637. The van der Waals surface area contributed by atoms with Gasteiger partial charge in [0.2, 0.25) is 0 Å². The summed E-state index contributed by atoms with van der Waals surface area (Å²) in [5, 5.41) is 3.05. The highest BCUT2D eigenvalue weighted by molar-refractivity contribution is 5.94. The minimum absolute atomic E-state index is 0.0117. The second-order valence-electron chi connectivity index (χ2n) is 9.32. The van der Waals surface area contributed by atoms with Gasteiger partial charge in [0.25, 0.3) is 5.91 Å². The van der Waals surface area contributed by atoms with Crippen molar-refractivity contribution in [3.63, 3.8) is 0 Å². The van der Waals surface area contributed by atoms with Crippen molar-refractivity contribution in [2.24, 2.45) is 0 Å². The summed E-state index contributed by atoms with van der Waals surface area (Å²) in [7, 11) is 2.16. The number of carbonyl (C=O) groups excluding carboxylic acids is 1. The zero-order chi connectivity index (χ0) is 22.9. The van der Waals surface area contributed by atoms with Crippen LogP contribution in [0.15, 0.2) is 54.6 Å².